The molecule has 0 heterocycles. The number of phosphoric ester groups is 1. The lowest BCUT2D eigenvalue weighted by Crippen LogP contribution is -2.34. The van der Waals surface area contributed by atoms with Gasteiger partial charge in [0.2, 0.25) is 0 Å². The Morgan fingerprint density at radius 3 is 1.57 bits per heavy atom. The summed E-state index contributed by atoms with van der Waals surface area (Å²) in [6, 6.07) is -1.46. The van der Waals surface area contributed by atoms with Gasteiger partial charge in [0.05, 0.1) is 19.8 Å². The number of carboxylic acid groups (broad SMARTS) is 1. The van der Waals surface area contributed by atoms with Crippen molar-refractivity contribution in [1.82, 2.24) is 0 Å². The third-order valence-corrected chi connectivity index (χ3v) is 8.09. The molecule has 0 aliphatic heterocycles. The average Bonchev–Trinajstić information content (AvgIpc) is 2.96. The van der Waals surface area contributed by atoms with Crippen LogP contribution in [-0.4, -0.2) is 60.5 Å². The molecule has 0 aromatic heterocycles. The molecular weight excluding hydrogens is 561 g/mol. The molecule has 0 bridgehead atoms. The number of ether oxygens (including phenoxy) is 2. The third kappa shape index (κ3) is 27.8. The standard InChI is InChI=1S/C31H62NO9P/c1-3-5-7-9-11-13-14-15-16-17-19-21-23-30(33)41-28(25-38-24-22-20-18-12-10-8-6-4-2)26-39-42(36,37)40-27-29(32)31(34)35/h28-29H,3-27,32H2,1-2H3,(H,34,35)(H,36,37). The van der Waals surface area contributed by atoms with Crippen molar-refractivity contribution in [3.8, 4) is 0 Å². The van der Waals surface area contributed by atoms with Crippen molar-refractivity contribution in [2.24, 2.45) is 5.73 Å². The maximum absolute atomic E-state index is 12.5. The summed E-state index contributed by atoms with van der Waals surface area (Å²) in [5, 5.41) is 8.81. The van der Waals surface area contributed by atoms with Gasteiger partial charge in [0.1, 0.15) is 12.1 Å². The van der Waals surface area contributed by atoms with Gasteiger partial charge in [-0.15, -0.1) is 0 Å². The lowest BCUT2D eigenvalue weighted by Gasteiger charge is -2.20. The third-order valence-electron chi connectivity index (χ3n) is 7.14. The van der Waals surface area contributed by atoms with Crippen molar-refractivity contribution >= 4 is 19.8 Å². The first-order valence-corrected chi connectivity index (χ1v) is 18.1. The molecule has 0 radical (unpaired) electrons. The van der Waals surface area contributed by atoms with Crippen molar-refractivity contribution in [3.63, 3.8) is 0 Å². The fourth-order valence-corrected chi connectivity index (χ4v) is 5.26. The van der Waals surface area contributed by atoms with Gasteiger partial charge in [0.15, 0.2) is 0 Å². The van der Waals surface area contributed by atoms with Crippen LogP contribution in [0.15, 0.2) is 0 Å². The SMILES string of the molecule is CCCCCCCCCCCCCCC(=O)OC(COCCCCCCCCCC)COP(=O)(O)OCC(N)C(=O)O. The second kappa shape index (κ2) is 28.7. The molecule has 250 valence electrons. The average molecular weight is 624 g/mol. The quantitative estimate of drug-likeness (QED) is 0.0386. The molecule has 0 rings (SSSR count). The van der Waals surface area contributed by atoms with E-state index in [1.165, 1.54) is 89.9 Å². The molecule has 0 aliphatic rings. The Bertz CT molecular complexity index is 695. The summed E-state index contributed by atoms with van der Waals surface area (Å²) in [6.45, 7) is 3.84. The van der Waals surface area contributed by atoms with Crippen LogP contribution in [0.5, 0.6) is 0 Å². The molecule has 0 aromatic carbocycles. The fraction of sp³-hybridized carbons (Fsp3) is 0.935. The molecule has 3 unspecified atom stereocenters. The van der Waals surface area contributed by atoms with Crippen molar-refractivity contribution in [2.75, 3.05) is 26.4 Å². The zero-order valence-corrected chi connectivity index (χ0v) is 27.5. The molecule has 0 saturated heterocycles. The monoisotopic (exact) mass is 623 g/mol. The highest BCUT2D eigenvalue weighted by Crippen LogP contribution is 2.43. The summed E-state index contributed by atoms with van der Waals surface area (Å²) in [4.78, 5) is 33.1. The largest absolute Gasteiger partial charge is 0.480 e. The minimum atomic E-state index is -4.59. The second-order valence-corrected chi connectivity index (χ2v) is 12.8. The van der Waals surface area contributed by atoms with Gasteiger partial charge < -0.3 is 25.2 Å². The number of carbonyl (C=O) groups is 2. The zero-order chi connectivity index (χ0) is 31.3. The molecule has 10 nitrogen and oxygen atoms in total. The van der Waals surface area contributed by atoms with Crippen LogP contribution in [0, 0.1) is 0 Å². The summed E-state index contributed by atoms with van der Waals surface area (Å²) in [6.07, 6.45) is 23.1. The highest BCUT2D eigenvalue weighted by Gasteiger charge is 2.27. The number of unbranched alkanes of at least 4 members (excludes halogenated alkanes) is 18. The number of nitrogens with two attached hydrogens (primary N) is 1. The van der Waals surface area contributed by atoms with Gasteiger partial charge in [-0.3, -0.25) is 18.6 Å². The lowest BCUT2D eigenvalue weighted by molar-refractivity contribution is -0.154. The van der Waals surface area contributed by atoms with Gasteiger partial charge in [-0.25, -0.2) is 4.57 Å². The fourth-order valence-electron chi connectivity index (χ4n) is 4.48. The first-order chi connectivity index (χ1) is 20.2. The van der Waals surface area contributed by atoms with Crippen molar-refractivity contribution < 1.29 is 42.7 Å². The van der Waals surface area contributed by atoms with E-state index in [0.717, 1.165) is 38.5 Å². The second-order valence-electron chi connectivity index (χ2n) is 11.3. The highest BCUT2D eigenvalue weighted by atomic mass is 31.2. The molecule has 3 atom stereocenters. The Morgan fingerprint density at radius 1 is 0.667 bits per heavy atom. The number of aliphatic carboxylic acids is 1. The molecule has 4 N–H and O–H groups in total. The zero-order valence-electron chi connectivity index (χ0n) is 26.6. The maximum Gasteiger partial charge on any atom is 0.472 e. The molecule has 0 saturated carbocycles. The van der Waals surface area contributed by atoms with Gasteiger partial charge in [-0.2, -0.15) is 0 Å². The van der Waals surface area contributed by atoms with E-state index in [2.05, 4.69) is 18.4 Å². The number of carbonyl (C=O) groups excluding carboxylic acids is 1. The highest BCUT2D eigenvalue weighted by molar-refractivity contribution is 7.47. The number of phosphoric acid groups is 1. The molecule has 0 amide bonds. The van der Waals surface area contributed by atoms with Gasteiger partial charge in [-0.05, 0) is 12.8 Å². The molecule has 42 heavy (non-hydrogen) atoms. The molecular formula is C31H62NO9P. The van der Waals surface area contributed by atoms with Crippen molar-refractivity contribution in [3.05, 3.63) is 0 Å². The number of rotatable bonds is 32. The van der Waals surface area contributed by atoms with E-state index in [4.69, 9.17) is 24.8 Å². The van der Waals surface area contributed by atoms with Gasteiger partial charge in [-0.1, -0.05) is 129 Å². The van der Waals surface area contributed by atoms with Crippen LogP contribution in [0.25, 0.3) is 0 Å². The number of hydrogen-bond acceptors (Lipinski definition) is 8. The van der Waals surface area contributed by atoms with Crippen molar-refractivity contribution in [2.45, 2.75) is 161 Å². The first-order valence-electron chi connectivity index (χ1n) is 16.6. The minimum absolute atomic E-state index is 0.0231. The summed E-state index contributed by atoms with van der Waals surface area (Å²) in [5.41, 5.74) is 5.31. The van der Waals surface area contributed by atoms with Crippen LogP contribution in [0.4, 0.5) is 0 Å². The molecule has 0 spiro atoms. The van der Waals surface area contributed by atoms with Gasteiger partial charge in [0.25, 0.3) is 0 Å². The summed E-state index contributed by atoms with van der Waals surface area (Å²) in [7, 11) is -4.59. The van der Waals surface area contributed by atoms with Gasteiger partial charge in [0, 0.05) is 13.0 Å². The summed E-state index contributed by atoms with van der Waals surface area (Å²) < 4.78 is 33.0. The number of carboxylic acids is 1. The number of esters is 1. The predicted molar refractivity (Wildman–Crippen MR) is 166 cm³/mol. The van der Waals surface area contributed by atoms with E-state index in [9.17, 15) is 19.0 Å². The van der Waals surface area contributed by atoms with E-state index >= 15 is 0 Å². The molecule has 0 aromatic rings. The Morgan fingerprint density at radius 2 is 1.10 bits per heavy atom. The summed E-state index contributed by atoms with van der Waals surface area (Å²) in [5.74, 6) is -1.78. The Balaban J connectivity index is 4.34. The van der Waals surface area contributed by atoms with E-state index in [1.807, 2.05) is 0 Å². The van der Waals surface area contributed by atoms with E-state index in [0.29, 0.717) is 6.61 Å². The Labute approximate surface area is 255 Å². The Hall–Kier alpha value is -1.03. The van der Waals surface area contributed by atoms with Crippen molar-refractivity contribution in [1.29, 1.82) is 0 Å². The smallest absolute Gasteiger partial charge is 0.472 e. The maximum atomic E-state index is 12.5. The lowest BCUT2D eigenvalue weighted by atomic mass is 10.0. The van der Waals surface area contributed by atoms with Crippen LogP contribution < -0.4 is 5.73 Å². The van der Waals surface area contributed by atoms with E-state index < -0.39 is 45.1 Å². The molecule has 11 heteroatoms. The Kier molecular flexibility index (Phi) is 28.0. The predicted octanol–water partition coefficient (Wildman–Crippen LogP) is 7.69. The van der Waals surface area contributed by atoms with Crippen LogP contribution in [0.3, 0.4) is 0 Å². The normalized spacial score (nSPS) is 14.4. The van der Waals surface area contributed by atoms with Crippen LogP contribution in [0.2, 0.25) is 0 Å². The topological polar surface area (TPSA) is 155 Å². The van der Waals surface area contributed by atoms with Crippen LogP contribution >= 0.6 is 7.82 Å². The minimum Gasteiger partial charge on any atom is -0.480 e. The van der Waals surface area contributed by atoms with E-state index in [1.54, 1.807) is 0 Å². The van der Waals surface area contributed by atoms with Crippen LogP contribution in [0.1, 0.15) is 149 Å². The number of hydrogen-bond donors (Lipinski definition) is 3. The summed E-state index contributed by atoms with van der Waals surface area (Å²) >= 11 is 0. The van der Waals surface area contributed by atoms with Gasteiger partial charge >= 0.3 is 19.8 Å². The van der Waals surface area contributed by atoms with Crippen LogP contribution in [-0.2, 0) is 32.7 Å². The van der Waals surface area contributed by atoms with E-state index in [-0.39, 0.29) is 13.0 Å². The molecule has 0 fully saturated rings. The first kappa shape index (κ1) is 41.0. The molecule has 0 aliphatic carbocycles.